The molecule has 0 radical (unpaired) electrons. The second-order valence-electron chi connectivity index (χ2n) is 5.48. The number of ether oxygens (including phenoxy) is 2. The average molecular weight is 292 g/mol. The molecule has 0 aromatic heterocycles. The van der Waals surface area contributed by atoms with Gasteiger partial charge in [-0.1, -0.05) is 12.1 Å². The number of benzene rings is 1. The van der Waals surface area contributed by atoms with Crippen LogP contribution in [0.2, 0.25) is 0 Å². The molecule has 1 fully saturated rings. The van der Waals surface area contributed by atoms with E-state index in [4.69, 9.17) is 9.47 Å². The topological polar surface area (TPSA) is 59.6 Å². The number of anilines is 1. The van der Waals surface area contributed by atoms with Gasteiger partial charge in [-0.15, -0.1) is 0 Å². The van der Waals surface area contributed by atoms with E-state index in [0.717, 1.165) is 26.0 Å². The van der Waals surface area contributed by atoms with Crippen molar-refractivity contribution < 1.29 is 14.3 Å². The maximum absolute atomic E-state index is 12.0. The van der Waals surface area contributed by atoms with Crippen LogP contribution < -0.4 is 15.4 Å². The fourth-order valence-corrected chi connectivity index (χ4v) is 2.27. The van der Waals surface area contributed by atoms with Crippen molar-refractivity contribution in [2.24, 2.45) is 0 Å². The van der Waals surface area contributed by atoms with Gasteiger partial charge in [0.1, 0.15) is 5.75 Å². The summed E-state index contributed by atoms with van der Waals surface area (Å²) in [5.41, 5.74) is 0.704. The highest BCUT2D eigenvalue weighted by molar-refractivity contribution is 5.93. The van der Waals surface area contributed by atoms with Gasteiger partial charge in [0, 0.05) is 13.2 Å². The zero-order chi connectivity index (χ0) is 15.1. The Labute approximate surface area is 126 Å². The smallest absolute Gasteiger partial charge is 0.238 e. The molecule has 0 bridgehead atoms. The van der Waals surface area contributed by atoms with Gasteiger partial charge in [-0.05, 0) is 38.8 Å². The molecule has 1 unspecified atom stereocenters. The van der Waals surface area contributed by atoms with Crippen LogP contribution in [0.25, 0.3) is 0 Å². The molecule has 5 nitrogen and oxygen atoms in total. The van der Waals surface area contributed by atoms with Crippen LogP contribution in [0.4, 0.5) is 5.69 Å². The van der Waals surface area contributed by atoms with Gasteiger partial charge in [-0.25, -0.2) is 0 Å². The molecule has 1 aromatic rings. The van der Waals surface area contributed by atoms with Crippen LogP contribution >= 0.6 is 0 Å². The van der Waals surface area contributed by atoms with Crippen LogP contribution in [-0.4, -0.2) is 37.8 Å². The first-order valence-corrected chi connectivity index (χ1v) is 7.53. The molecule has 1 atom stereocenters. The second kappa shape index (κ2) is 8.00. The average Bonchev–Trinajstić information content (AvgIpc) is 2.93. The fourth-order valence-electron chi connectivity index (χ4n) is 2.27. The molecule has 0 spiro atoms. The highest BCUT2D eigenvalue weighted by atomic mass is 16.5. The number of carbonyl (C=O) groups is 1. The molecule has 1 aromatic carbocycles. The predicted octanol–water partition coefficient (Wildman–Crippen LogP) is 2.18. The SMILES string of the molecule is CC(C)Oc1ccccc1NC(=O)CNCC1CCCO1. The van der Waals surface area contributed by atoms with Gasteiger partial charge in [0.25, 0.3) is 0 Å². The molecule has 1 saturated heterocycles. The largest absolute Gasteiger partial charge is 0.489 e. The summed E-state index contributed by atoms with van der Waals surface area (Å²) in [7, 11) is 0. The first-order valence-electron chi connectivity index (χ1n) is 7.53. The van der Waals surface area contributed by atoms with Gasteiger partial charge < -0.3 is 20.1 Å². The lowest BCUT2D eigenvalue weighted by atomic mass is 10.2. The van der Waals surface area contributed by atoms with Crippen molar-refractivity contribution in [3.05, 3.63) is 24.3 Å². The van der Waals surface area contributed by atoms with Crippen molar-refractivity contribution in [1.29, 1.82) is 0 Å². The predicted molar refractivity (Wildman–Crippen MR) is 82.7 cm³/mol. The molecular weight excluding hydrogens is 268 g/mol. The number of rotatable bonds is 7. The summed E-state index contributed by atoms with van der Waals surface area (Å²) in [6.07, 6.45) is 2.49. The standard InChI is InChI=1S/C16H24N2O3/c1-12(2)21-15-8-4-3-7-14(15)18-16(19)11-17-10-13-6-5-9-20-13/h3-4,7-8,12-13,17H,5-6,9-11H2,1-2H3,(H,18,19). The van der Waals surface area contributed by atoms with Crippen LogP contribution in [0.15, 0.2) is 24.3 Å². The molecule has 2 rings (SSSR count). The summed E-state index contributed by atoms with van der Waals surface area (Å²) in [6, 6.07) is 7.47. The summed E-state index contributed by atoms with van der Waals surface area (Å²) in [5, 5.41) is 6.00. The molecule has 21 heavy (non-hydrogen) atoms. The molecule has 0 saturated carbocycles. The Morgan fingerprint density at radius 1 is 1.43 bits per heavy atom. The lowest BCUT2D eigenvalue weighted by Gasteiger charge is -2.15. The van der Waals surface area contributed by atoms with E-state index in [1.165, 1.54) is 0 Å². The van der Waals surface area contributed by atoms with E-state index in [-0.39, 0.29) is 24.7 Å². The number of carbonyl (C=O) groups excluding carboxylic acids is 1. The van der Waals surface area contributed by atoms with E-state index >= 15 is 0 Å². The van der Waals surface area contributed by atoms with Gasteiger partial charge in [-0.3, -0.25) is 4.79 Å². The van der Waals surface area contributed by atoms with E-state index in [1.54, 1.807) is 0 Å². The maximum Gasteiger partial charge on any atom is 0.238 e. The van der Waals surface area contributed by atoms with Gasteiger partial charge in [-0.2, -0.15) is 0 Å². The molecule has 1 aliphatic heterocycles. The zero-order valence-corrected chi connectivity index (χ0v) is 12.7. The van der Waals surface area contributed by atoms with Gasteiger partial charge >= 0.3 is 0 Å². The molecule has 1 amide bonds. The van der Waals surface area contributed by atoms with E-state index in [0.29, 0.717) is 11.4 Å². The lowest BCUT2D eigenvalue weighted by Crippen LogP contribution is -2.33. The zero-order valence-electron chi connectivity index (χ0n) is 12.7. The van der Waals surface area contributed by atoms with Crippen molar-refractivity contribution in [3.8, 4) is 5.75 Å². The summed E-state index contributed by atoms with van der Waals surface area (Å²) in [4.78, 5) is 12.0. The third kappa shape index (κ3) is 5.36. The van der Waals surface area contributed by atoms with Crippen LogP contribution in [0.1, 0.15) is 26.7 Å². The molecule has 1 heterocycles. The highest BCUT2D eigenvalue weighted by Gasteiger charge is 2.15. The van der Waals surface area contributed by atoms with E-state index in [9.17, 15) is 4.79 Å². The third-order valence-electron chi connectivity index (χ3n) is 3.21. The van der Waals surface area contributed by atoms with Crippen LogP contribution in [-0.2, 0) is 9.53 Å². The molecular formula is C16H24N2O3. The van der Waals surface area contributed by atoms with Gasteiger partial charge in [0.2, 0.25) is 5.91 Å². The van der Waals surface area contributed by atoms with Crippen LogP contribution in [0.5, 0.6) is 5.75 Å². The van der Waals surface area contributed by atoms with E-state index < -0.39 is 0 Å². The highest BCUT2D eigenvalue weighted by Crippen LogP contribution is 2.24. The summed E-state index contributed by atoms with van der Waals surface area (Å²) in [5.74, 6) is 0.618. The minimum Gasteiger partial charge on any atom is -0.489 e. The van der Waals surface area contributed by atoms with Crippen molar-refractivity contribution in [2.45, 2.75) is 38.9 Å². The van der Waals surface area contributed by atoms with Crippen LogP contribution in [0.3, 0.4) is 0 Å². The summed E-state index contributed by atoms with van der Waals surface area (Å²) < 4.78 is 11.2. The van der Waals surface area contributed by atoms with E-state index in [2.05, 4.69) is 10.6 Å². The minimum atomic E-state index is -0.0761. The first-order chi connectivity index (χ1) is 10.1. The Morgan fingerprint density at radius 3 is 2.95 bits per heavy atom. The number of amides is 1. The fraction of sp³-hybridized carbons (Fsp3) is 0.562. The first kappa shape index (κ1) is 15.8. The Kier molecular flexibility index (Phi) is 6.02. The Balaban J connectivity index is 1.78. The number of nitrogens with one attached hydrogen (secondary N) is 2. The quantitative estimate of drug-likeness (QED) is 0.808. The lowest BCUT2D eigenvalue weighted by molar-refractivity contribution is -0.115. The van der Waals surface area contributed by atoms with Crippen molar-refractivity contribution >= 4 is 11.6 Å². The van der Waals surface area contributed by atoms with Crippen molar-refractivity contribution in [1.82, 2.24) is 5.32 Å². The van der Waals surface area contributed by atoms with E-state index in [1.807, 2.05) is 38.1 Å². The minimum absolute atomic E-state index is 0.0701. The molecule has 0 aliphatic carbocycles. The van der Waals surface area contributed by atoms with Crippen molar-refractivity contribution in [2.75, 3.05) is 25.0 Å². The third-order valence-corrected chi connectivity index (χ3v) is 3.21. The Morgan fingerprint density at radius 2 is 2.24 bits per heavy atom. The molecule has 2 N–H and O–H groups in total. The Bertz CT molecular complexity index is 457. The van der Waals surface area contributed by atoms with Crippen molar-refractivity contribution in [3.63, 3.8) is 0 Å². The normalized spacial score (nSPS) is 18.0. The summed E-state index contributed by atoms with van der Waals surface area (Å²) >= 11 is 0. The van der Waals surface area contributed by atoms with Gasteiger partial charge in [0.05, 0.1) is 24.4 Å². The second-order valence-corrected chi connectivity index (χ2v) is 5.48. The maximum atomic E-state index is 12.0. The molecule has 1 aliphatic rings. The molecule has 5 heteroatoms. The van der Waals surface area contributed by atoms with Crippen LogP contribution in [0, 0.1) is 0 Å². The monoisotopic (exact) mass is 292 g/mol. The van der Waals surface area contributed by atoms with Gasteiger partial charge in [0.15, 0.2) is 0 Å². The number of para-hydroxylation sites is 2. The summed E-state index contributed by atoms with van der Waals surface area (Å²) in [6.45, 7) is 5.75. The Hall–Kier alpha value is -1.59. The number of hydrogen-bond acceptors (Lipinski definition) is 4. The molecule has 116 valence electrons. The number of hydrogen-bond donors (Lipinski definition) is 2.